The van der Waals surface area contributed by atoms with Gasteiger partial charge in [0, 0.05) is 6.04 Å². The SMILES string of the molecule is CC[C@H](N[C@H](C)c1nnnn1C1CC1)c1ccc2c(c1)OCCO2. The van der Waals surface area contributed by atoms with Gasteiger partial charge in [-0.05, 0) is 54.3 Å². The van der Waals surface area contributed by atoms with Crippen molar-refractivity contribution < 1.29 is 9.47 Å². The largest absolute Gasteiger partial charge is 0.486 e. The van der Waals surface area contributed by atoms with Gasteiger partial charge in [0.25, 0.3) is 0 Å². The molecule has 0 amide bonds. The van der Waals surface area contributed by atoms with Crippen molar-refractivity contribution in [1.82, 2.24) is 25.5 Å². The zero-order chi connectivity index (χ0) is 16.5. The fraction of sp³-hybridized carbons (Fsp3) is 0.588. The summed E-state index contributed by atoms with van der Waals surface area (Å²) in [4.78, 5) is 0. The van der Waals surface area contributed by atoms with Crippen LogP contribution >= 0.6 is 0 Å². The van der Waals surface area contributed by atoms with Crippen molar-refractivity contribution in [2.24, 2.45) is 0 Å². The number of aromatic nitrogens is 4. The van der Waals surface area contributed by atoms with Gasteiger partial charge < -0.3 is 14.8 Å². The molecule has 7 nitrogen and oxygen atoms in total. The Bertz CT molecular complexity index is 713. The van der Waals surface area contributed by atoms with Crippen LogP contribution in [-0.2, 0) is 0 Å². The van der Waals surface area contributed by atoms with Crippen molar-refractivity contribution >= 4 is 0 Å². The van der Waals surface area contributed by atoms with Crippen LogP contribution in [0.1, 0.15) is 62.6 Å². The summed E-state index contributed by atoms with van der Waals surface area (Å²) in [6.07, 6.45) is 3.31. The number of hydrogen-bond donors (Lipinski definition) is 1. The van der Waals surface area contributed by atoms with Gasteiger partial charge in [0.05, 0.1) is 12.1 Å². The minimum atomic E-state index is 0.0822. The number of tetrazole rings is 1. The lowest BCUT2D eigenvalue weighted by atomic mass is 10.0. The average Bonchev–Trinajstić information content (AvgIpc) is 3.35. The number of rotatable bonds is 6. The van der Waals surface area contributed by atoms with Gasteiger partial charge in [-0.1, -0.05) is 13.0 Å². The third kappa shape index (κ3) is 2.96. The summed E-state index contributed by atoms with van der Waals surface area (Å²) in [6, 6.07) is 6.94. The first kappa shape index (κ1) is 15.4. The van der Waals surface area contributed by atoms with Crippen molar-refractivity contribution in [2.45, 2.75) is 51.2 Å². The van der Waals surface area contributed by atoms with Gasteiger partial charge in [-0.15, -0.1) is 5.10 Å². The van der Waals surface area contributed by atoms with E-state index >= 15 is 0 Å². The Morgan fingerprint density at radius 2 is 2.04 bits per heavy atom. The van der Waals surface area contributed by atoms with Crippen LogP contribution in [0.4, 0.5) is 0 Å². The van der Waals surface area contributed by atoms with E-state index in [9.17, 15) is 0 Å². The summed E-state index contributed by atoms with van der Waals surface area (Å²) < 4.78 is 13.3. The number of benzene rings is 1. The van der Waals surface area contributed by atoms with Gasteiger partial charge in [-0.25, -0.2) is 4.68 Å². The average molecular weight is 329 g/mol. The van der Waals surface area contributed by atoms with Crippen LogP contribution in [0.5, 0.6) is 11.5 Å². The first-order valence-electron chi connectivity index (χ1n) is 8.69. The third-order valence-corrected chi connectivity index (χ3v) is 4.63. The van der Waals surface area contributed by atoms with E-state index in [1.54, 1.807) is 0 Å². The first-order chi connectivity index (χ1) is 11.8. The number of fused-ring (bicyclic) bond motifs is 1. The summed E-state index contributed by atoms with van der Waals surface area (Å²) in [6.45, 7) is 5.51. The van der Waals surface area contributed by atoms with Crippen molar-refractivity contribution in [3.05, 3.63) is 29.6 Å². The molecule has 1 aromatic heterocycles. The lowest BCUT2D eigenvalue weighted by molar-refractivity contribution is 0.171. The molecule has 0 bridgehead atoms. The van der Waals surface area contributed by atoms with Crippen LogP contribution in [0.2, 0.25) is 0 Å². The van der Waals surface area contributed by atoms with Crippen LogP contribution in [0.3, 0.4) is 0 Å². The summed E-state index contributed by atoms with van der Waals surface area (Å²) >= 11 is 0. The predicted octanol–water partition coefficient (Wildman–Crippen LogP) is 2.58. The van der Waals surface area contributed by atoms with Gasteiger partial charge in [-0.2, -0.15) is 0 Å². The maximum Gasteiger partial charge on any atom is 0.168 e. The minimum absolute atomic E-state index is 0.0822. The molecule has 1 fully saturated rings. The minimum Gasteiger partial charge on any atom is -0.486 e. The van der Waals surface area contributed by atoms with E-state index in [4.69, 9.17) is 9.47 Å². The molecular formula is C17H23N5O2. The van der Waals surface area contributed by atoms with Gasteiger partial charge in [0.2, 0.25) is 0 Å². The van der Waals surface area contributed by atoms with E-state index in [1.165, 1.54) is 18.4 Å². The van der Waals surface area contributed by atoms with Gasteiger partial charge >= 0.3 is 0 Å². The van der Waals surface area contributed by atoms with Crippen molar-refractivity contribution in [1.29, 1.82) is 0 Å². The zero-order valence-electron chi connectivity index (χ0n) is 14.1. The Morgan fingerprint density at radius 1 is 1.25 bits per heavy atom. The molecule has 2 atom stereocenters. The molecule has 7 heteroatoms. The number of nitrogens with one attached hydrogen (secondary N) is 1. The maximum atomic E-state index is 5.71. The normalized spacial score (nSPS) is 19.1. The molecule has 2 aromatic rings. The molecule has 128 valence electrons. The molecule has 0 unspecified atom stereocenters. The van der Waals surface area contributed by atoms with Crippen LogP contribution in [0.15, 0.2) is 18.2 Å². The highest BCUT2D eigenvalue weighted by molar-refractivity contribution is 5.44. The molecule has 2 heterocycles. The molecule has 1 saturated carbocycles. The van der Waals surface area contributed by atoms with E-state index in [0.29, 0.717) is 19.3 Å². The number of ether oxygens (including phenoxy) is 2. The lowest BCUT2D eigenvalue weighted by Crippen LogP contribution is -2.27. The van der Waals surface area contributed by atoms with E-state index in [0.717, 1.165) is 23.7 Å². The second kappa shape index (κ2) is 6.39. The first-order valence-corrected chi connectivity index (χ1v) is 8.69. The molecule has 2 aliphatic rings. The van der Waals surface area contributed by atoms with Crippen LogP contribution in [0.25, 0.3) is 0 Å². The Balaban J connectivity index is 1.52. The Hall–Kier alpha value is -2.15. The molecule has 0 radical (unpaired) electrons. The van der Waals surface area contributed by atoms with Crippen molar-refractivity contribution in [3.63, 3.8) is 0 Å². The molecule has 24 heavy (non-hydrogen) atoms. The Kier molecular flexibility index (Phi) is 4.10. The van der Waals surface area contributed by atoms with Crippen LogP contribution in [0, 0.1) is 0 Å². The summed E-state index contributed by atoms with van der Waals surface area (Å²) in [7, 11) is 0. The van der Waals surface area contributed by atoms with Crippen LogP contribution in [-0.4, -0.2) is 33.4 Å². The maximum absolute atomic E-state index is 5.71. The smallest absolute Gasteiger partial charge is 0.168 e. The van der Waals surface area contributed by atoms with E-state index in [1.807, 2.05) is 10.7 Å². The fourth-order valence-corrected chi connectivity index (χ4v) is 3.17. The van der Waals surface area contributed by atoms with E-state index in [2.05, 4.69) is 46.8 Å². The molecule has 1 aliphatic carbocycles. The van der Waals surface area contributed by atoms with Gasteiger partial charge in [0.15, 0.2) is 17.3 Å². The standard InChI is InChI=1S/C17H23N5O2/c1-3-14(12-4-7-15-16(10-12)24-9-8-23-15)18-11(2)17-19-20-21-22(17)13-5-6-13/h4,7,10-11,13-14,18H,3,5-6,8-9H2,1-2H3/t11-,14+/m1/s1. The number of nitrogens with zero attached hydrogens (tertiary/aromatic N) is 4. The molecule has 1 N–H and O–H groups in total. The highest BCUT2D eigenvalue weighted by atomic mass is 16.6. The summed E-state index contributed by atoms with van der Waals surface area (Å²) in [5.41, 5.74) is 1.19. The van der Waals surface area contributed by atoms with E-state index < -0.39 is 0 Å². The highest BCUT2D eigenvalue weighted by Gasteiger charge is 2.30. The zero-order valence-corrected chi connectivity index (χ0v) is 14.1. The fourth-order valence-electron chi connectivity index (χ4n) is 3.17. The molecule has 0 saturated heterocycles. The van der Waals surface area contributed by atoms with Gasteiger partial charge in [-0.3, -0.25) is 0 Å². The Labute approximate surface area is 141 Å². The highest BCUT2D eigenvalue weighted by Crippen LogP contribution is 2.36. The summed E-state index contributed by atoms with van der Waals surface area (Å²) in [5.74, 6) is 2.56. The van der Waals surface area contributed by atoms with Gasteiger partial charge in [0.1, 0.15) is 13.2 Å². The topological polar surface area (TPSA) is 74.1 Å². The third-order valence-electron chi connectivity index (χ3n) is 4.63. The summed E-state index contributed by atoms with van der Waals surface area (Å²) in [5, 5.41) is 15.9. The molecule has 0 spiro atoms. The van der Waals surface area contributed by atoms with Crippen molar-refractivity contribution in [3.8, 4) is 11.5 Å². The Morgan fingerprint density at radius 3 is 2.79 bits per heavy atom. The van der Waals surface area contributed by atoms with Crippen LogP contribution < -0.4 is 14.8 Å². The molecular weight excluding hydrogens is 306 g/mol. The lowest BCUT2D eigenvalue weighted by Gasteiger charge is -2.24. The second-order valence-corrected chi connectivity index (χ2v) is 6.47. The quantitative estimate of drug-likeness (QED) is 0.878. The molecule has 1 aliphatic heterocycles. The van der Waals surface area contributed by atoms with Crippen molar-refractivity contribution in [2.75, 3.05) is 13.2 Å². The predicted molar refractivity (Wildman–Crippen MR) is 88.1 cm³/mol. The number of hydrogen-bond acceptors (Lipinski definition) is 6. The second-order valence-electron chi connectivity index (χ2n) is 6.47. The molecule has 4 rings (SSSR count). The van der Waals surface area contributed by atoms with E-state index in [-0.39, 0.29) is 12.1 Å². The molecule has 1 aromatic carbocycles. The monoisotopic (exact) mass is 329 g/mol.